The van der Waals surface area contributed by atoms with Crippen LogP contribution in [0.15, 0.2) is 23.0 Å². The minimum absolute atomic E-state index is 0. The molecule has 0 spiro atoms. The van der Waals surface area contributed by atoms with E-state index < -0.39 is 0 Å². The Labute approximate surface area is 129 Å². The van der Waals surface area contributed by atoms with E-state index in [0.717, 1.165) is 16.6 Å². The maximum absolute atomic E-state index is 11.6. The van der Waals surface area contributed by atoms with Crippen LogP contribution in [0.1, 0.15) is 24.8 Å². The molecule has 1 aliphatic heterocycles. The van der Waals surface area contributed by atoms with Gasteiger partial charge < -0.3 is 9.47 Å². The van der Waals surface area contributed by atoms with Gasteiger partial charge in [-0.15, -0.1) is 12.4 Å². The number of nitrogens with zero attached hydrogens (tertiary/aromatic N) is 2. The molecule has 0 unspecified atom stereocenters. The smallest absolute Gasteiger partial charge is 0.303 e. The summed E-state index contributed by atoms with van der Waals surface area (Å²) in [5.41, 5.74) is 2.41. The number of fused-ring (bicyclic) bond motifs is 1. The number of benzene rings is 1. The van der Waals surface area contributed by atoms with Crippen molar-refractivity contribution in [2.45, 2.75) is 25.7 Å². The third kappa shape index (κ3) is 3.25. The lowest BCUT2D eigenvalue weighted by atomic mass is 10.1. The van der Waals surface area contributed by atoms with Gasteiger partial charge in [-0.25, -0.2) is 0 Å². The van der Waals surface area contributed by atoms with E-state index in [4.69, 9.17) is 0 Å². The Bertz CT molecular complexity index is 628. The van der Waals surface area contributed by atoms with Gasteiger partial charge in [-0.05, 0) is 63.0 Å². The monoisotopic (exact) mass is 312 g/mol. The number of thiazole rings is 1. The summed E-state index contributed by atoms with van der Waals surface area (Å²) < 4.78 is 2.85. The number of aromatic nitrogens is 1. The zero-order valence-electron chi connectivity index (χ0n) is 11.8. The quantitative estimate of drug-likeness (QED) is 0.867. The molecule has 0 radical (unpaired) electrons. The summed E-state index contributed by atoms with van der Waals surface area (Å²) in [5, 5.41) is 0. The summed E-state index contributed by atoms with van der Waals surface area (Å²) in [6, 6.07) is 6.43. The lowest BCUT2D eigenvalue weighted by molar-refractivity contribution is 0.334. The summed E-state index contributed by atoms with van der Waals surface area (Å²) >= 11 is 1.35. The molecule has 1 fully saturated rings. The Morgan fingerprint density at radius 3 is 2.75 bits per heavy atom. The zero-order chi connectivity index (χ0) is 13.2. The van der Waals surface area contributed by atoms with Crippen molar-refractivity contribution in [2.24, 2.45) is 7.05 Å². The molecule has 1 aliphatic rings. The number of hydrogen-bond donors (Lipinski definition) is 0. The van der Waals surface area contributed by atoms with Gasteiger partial charge in [0.2, 0.25) is 0 Å². The highest BCUT2D eigenvalue weighted by molar-refractivity contribution is 7.16. The van der Waals surface area contributed by atoms with Crippen molar-refractivity contribution in [3.63, 3.8) is 0 Å². The average molecular weight is 313 g/mol. The fourth-order valence-corrected chi connectivity index (χ4v) is 3.79. The molecule has 1 saturated heterocycles. The van der Waals surface area contributed by atoms with E-state index in [1.54, 1.807) is 4.57 Å². The van der Waals surface area contributed by atoms with Crippen molar-refractivity contribution in [3.8, 4) is 0 Å². The van der Waals surface area contributed by atoms with Crippen LogP contribution in [0, 0.1) is 0 Å². The minimum atomic E-state index is 0. The van der Waals surface area contributed by atoms with Gasteiger partial charge in [-0.1, -0.05) is 17.4 Å². The van der Waals surface area contributed by atoms with Crippen LogP contribution < -0.4 is 4.87 Å². The predicted octanol–water partition coefficient (Wildman–Crippen LogP) is 3.05. The Balaban J connectivity index is 0.00000147. The van der Waals surface area contributed by atoms with Crippen LogP contribution in [0.4, 0.5) is 0 Å². The van der Waals surface area contributed by atoms with E-state index in [0.29, 0.717) is 0 Å². The van der Waals surface area contributed by atoms with Crippen LogP contribution in [-0.4, -0.2) is 29.1 Å². The van der Waals surface area contributed by atoms with Crippen molar-refractivity contribution in [1.29, 1.82) is 0 Å². The first-order valence-electron chi connectivity index (χ1n) is 7.05. The molecular weight excluding hydrogens is 292 g/mol. The van der Waals surface area contributed by atoms with Gasteiger partial charge in [0.25, 0.3) is 0 Å². The lowest BCUT2D eigenvalue weighted by Crippen LogP contribution is -2.20. The van der Waals surface area contributed by atoms with Crippen molar-refractivity contribution >= 4 is 34.0 Å². The third-order valence-electron chi connectivity index (χ3n) is 4.00. The highest BCUT2D eigenvalue weighted by Gasteiger charge is 2.10. The fraction of sp³-hybridized carbons (Fsp3) is 0.533. The first-order chi connectivity index (χ1) is 9.24. The molecule has 3 rings (SSSR count). The largest absolute Gasteiger partial charge is 0.307 e. The topological polar surface area (TPSA) is 25.2 Å². The molecule has 0 atom stereocenters. The van der Waals surface area contributed by atoms with Gasteiger partial charge in [0.1, 0.15) is 0 Å². The second-order valence-corrected chi connectivity index (χ2v) is 6.37. The zero-order valence-corrected chi connectivity index (χ0v) is 13.4. The highest BCUT2D eigenvalue weighted by atomic mass is 35.5. The van der Waals surface area contributed by atoms with Gasteiger partial charge in [0, 0.05) is 7.05 Å². The molecule has 5 heteroatoms. The van der Waals surface area contributed by atoms with Gasteiger partial charge in [-0.3, -0.25) is 4.79 Å². The molecule has 1 aromatic heterocycles. The van der Waals surface area contributed by atoms with E-state index in [1.807, 2.05) is 7.05 Å². The van der Waals surface area contributed by atoms with Crippen molar-refractivity contribution in [3.05, 3.63) is 33.4 Å². The first-order valence-corrected chi connectivity index (χ1v) is 7.86. The minimum Gasteiger partial charge on any atom is -0.303 e. The Kier molecular flexibility index (Phi) is 5.24. The van der Waals surface area contributed by atoms with E-state index in [-0.39, 0.29) is 17.3 Å². The molecule has 0 N–H and O–H groups in total. The van der Waals surface area contributed by atoms with Crippen LogP contribution in [-0.2, 0) is 13.5 Å². The maximum atomic E-state index is 11.6. The SMILES string of the molecule is Cl.Cn1c(=O)sc2cc(CCCN3CCCC3)ccc21. The molecule has 20 heavy (non-hydrogen) atoms. The van der Waals surface area contributed by atoms with Crippen molar-refractivity contribution < 1.29 is 0 Å². The molecule has 110 valence electrons. The molecule has 2 aromatic rings. The van der Waals surface area contributed by atoms with E-state index in [2.05, 4.69) is 23.1 Å². The van der Waals surface area contributed by atoms with E-state index in [9.17, 15) is 4.79 Å². The molecule has 0 aliphatic carbocycles. The lowest BCUT2D eigenvalue weighted by Gasteiger charge is -2.13. The Morgan fingerprint density at radius 1 is 1.25 bits per heavy atom. The third-order valence-corrected chi connectivity index (χ3v) is 4.99. The number of aryl methyl sites for hydroxylation is 2. The average Bonchev–Trinajstić information content (AvgIpc) is 3.00. The predicted molar refractivity (Wildman–Crippen MR) is 88.3 cm³/mol. The van der Waals surface area contributed by atoms with Crippen LogP contribution in [0.2, 0.25) is 0 Å². The molecular formula is C15H21ClN2OS. The van der Waals surface area contributed by atoms with E-state index in [1.165, 1.54) is 55.8 Å². The number of likely N-dealkylation sites (tertiary alicyclic amines) is 1. The summed E-state index contributed by atoms with van der Waals surface area (Å²) in [7, 11) is 1.84. The van der Waals surface area contributed by atoms with Gasteiger partial charge in [-0.2, -0.15) is 0 Å². The Hall–Kier alpha value is -0.840. The Morgan fingerprint density at radius 2 is 2.00 bits per heavy atom. The molecule has 2 heterocycles. The molecule has 1 aromatic carbocycles. The first kappa shape index (κ1) is 15.5. The van der Waals surface area contributed by atoms with Crippen LogP contribution in [0.25, 0.3) is 10.2 Å². The standard InChI is InChI=1S/C15H20N2OS.ClH/c1-16-13-7-6-12(11-14(13)19-15(16)18)5-4-10-17-8-2-3-9-17;/h6-7,11H,2-5,8-10H2,1H3;1H. The summed E-state index contributed by atoms with van der Waals surface area (Å²) in [5.74, 6) is 0. The normalized spacial score (nSPS) is 15.7. The van der Waals surface area contributed by atoms with Gasteiger partial charge in [0.05, 0.1) is 10.2 Å². The summed E-state index contributed by atoms with van der Waals surface area (Å²) in [6.45, 7) is 3.77. The van der Waals surface area contributed by atoms with Gasteiger partial charge in [0.15, 0.2) is 0 Å². The van der Waals surface area contributed by atoms with Crippen LogP contribution >= 0.6 is 23.7 Å². The van der Waals surface area contributed by atoms with Gasteiger partial charge >= 0.3 is 4.87 Å². The molecule has 0 bridgehead atoms. The van der Waals surface area contributed by atoms with Crippen LogP contribution in [0.5, 0.6) is 0 Å². The van der Waals surface area contributed by atoms with Crippen LogP contribution in [0.3, 0.4) is 0 Å². The summed E-state index contributed by atoms with van der Waals surface area (Å²) in [6.07, 6.45) is 5.06. The molecule has 0 amide bonds. The number of hydrogen-bond acceptors (Lipinski definition) is 3. The van der Waals surface area contributed by atoms with E-state index >= 15 is 0 Å². The fourth-order valence-electron chi connectivity index (χ4n) is 2.85. The van der Waals surface area contributed by atoms with Crippen molar-refractivity contribution in [2.75, 3.05) is 19.6 Å². The molecule has 0 saturated carbocycles. The maximum Gasteiger partial charge on any atom is 0.307 e. The molecule has 3 nitrogen and oxygen atoms in total. The number of halogens is 1. The summed E-state index contributed by atoms with van der Waals surface area (Å²) in [4.78, 5) is 14.3. The number of rotatable bonds is 4. The second-order valence-electron chi connectivity index (χ2n) is 5.38. The highest BCUT2D eigenvalue weighted by Crippen LogP contribution is 2.19. The second kappa shape index (κ2) is 6.74. The van der Waals surface area contributed by atoms with Crippen molar-refractivity contribution in [1.82, 2.24) is 9.47 Å².